The van der Waals surface area contributed by atoms with Crippen molar-refractivity contribution in [2.24, 2.45) is 0 Å². The van der Waals surface area contributed by atoms with E-state index in [0.29, 0.717) is 12.8 Å². The lowest BCUT2D eigenvalue weighted by molar-refractivity contribution is -0.379. The molecule has 0 bridgehead atoms. The minimum Gasteiger partial charge on any atom is -0.394 e. The molecule has 0 saturated carbocycles. The number of rotatable bonds is 73. The number of amides is 1. The van der Waals surface area contributed by atoms with Crippen LogP contribution in [0.4, 0.5) is 0 Å². The predicted octanol–water partition coefficient (Wildman–Crippen LogP) is 17.0. The molecule has 19 heteroatoms. The van der Waals surface area contributed by atoms with Crippen molar-refractivity contribution in [1.82, 2.24) is 5.32 Å². The summed E-state index contributed by atoms with van der Waals surface area (Å²) >= 11 is 0. The summed E-state index contributed by atoms with van der Waals surface area (Å²) in [5.41, 5.74) is 0. The van der Waals surface area contributed by atoms with Gasteiger partial charge in [0.15, 0.2) is 18.9 Å². The second-order valence-corrected chi connectivity index (χ2v) is 32.0. The maximum Gasteiger partial charge on any atom is 0.220 e. The molecular formula is C90H165NO18. The standard InChI is InChI=1S/C90H165NO18/c1-3-5-7-9-11-13-15-17-19-21-23-25-27-29-31-33-35-36-38-39-41-43-45-47-49-51-53-55-57-59-61-63-65-67-74(95)73(91-78(96)68-66-64-62-60-58-56-54-52-50-48-46-44-42-40-37-34-32-30-28-26-24-22-20-18-16-14-12-10-8-6-4-2)72-104-88-84(102)81(99)86(76(70-93)106-88)109-90-85(103)82(100)87(77(71-94)107-90)108-89-83(101)80(98)79(97)75(69-92)105-89/h6,8,12,14,18,20,24,26,30,32,73-77,79-90,92-95,97-103H,3-5,7,9-11,13,15-17,19,21-23,25,27-29,31,33-72H2,1-2H3,(H,91,96)/b8-6-,14-12-,20-18-,26-24-,32-30-. The molecule has 17 unspecified atom stereocenters. The first-order valence-corrected chi connectivity index (χ1v) is 45.0. The van der Waals surface area contributed by atoms with Gasteiger partial charge in [-0.3, -0.25) is 4.79 Å². The van der Waals surface area contributed by atoms with Crippen LogP contribution in [0.3, 0.4) is 0 Å². The number of aliphatic hydroxyl groups is 11. The van der Waals surface area contributed by atoms with E-state index in [1.165, 1.54) is 263 Å². The van der Waals surface area contributed by atoms with Crippen molar-refractivity contribution in [3.05, 3.63) is 60.8 Å². The maximum atomic E-state index is 13.5. The fourth-order valence-electron chi connectivity index (χ4n) is 15.2. The molecular weight excluding hydrogens is 1380 g/mol. The summed E-state index contributed by atoms with van der Waals surface area (Å²) in [7, 11) is 0. The molecule has 3 rings (SSSR count). The fraction of sp³-hybridized carbons (Fsp3) is 0.878. The number of aliphatic hydroxyl groups excluding tert-OH is 11. The Hall–Kier alpha value is -2.51. The molecule has 3 fully saturated rings. The molecule has 0 spiro atoms. The van der Waals surface area contributed by atoms with Crippen molar-refractivity contribution >= 4 is 5.91 Å². The van der Waals surface area contributed by atoms with Crippen molar-refractivity contribution in [2.75, 3.05) is 26.4 Å². The van der Waals surface area contributed by atoms with E-state index in [4.69, 9.17) is 28.4 Å². The lowest BCUT2D eigenvalue weighted by atomic mass is 9.96. The number of unbranched alkanes of at least 4 members (excludes halogenated alkanes) is 47. The molecule has 1 amide bonds. The van der Waals surface area contributed by atoms with Crippen LogP contribution in [-0.4, -0.2) is 193 Å². The van der Waals surface area contributed by atoms with Gasteiger partial charge in [0, 0.05) is 6.42 Å². The van der Waals surface area contributed by atoms with E-state index in [2.05, 4.69) is 79.9 Å². The molecule has 3 heterocycles. The summed E-state index contributed by atoms with van der Waals surface area (Å²) in [5, 5.41) is 121. The number of carbonyl (C=O) groups excluding carboxylic acids is 1. The lowest BCUT2D eigenvalue weighted by Crippen LogP contribution is -2.66. The normalized spacial score (nSPS) is 25.5. The highest BCUT2D eigenvalue weighted by atomic mass is 16.8. The van der Waals surface area contributed by atoms with Crippen molar-refractivity contribution in [3.8, 4) is 0 Å². The summed E-state index contributed by atoms with van der Waals surface area (Å²) < 4.78 is 34.6. The van der Waals surface area contributed by atoms with Gasteiger partial charge in [0.25, 0.3) is 0 Å². The molecule has 19 nitrogen and oxygen atoms in total. The number of ether oxygens (including phenoxy) is 6. The van der Waals surface area contributed by atoms with Crippen LogP contribution >= 0.6 is 0 Å². The Kier molecular flexibility index (Phi) is 64.4. The highest BCUT2D eigenvalue weighted by molar-refractivity contribution is 5.76. The second kappa shape index (κ2) is 69.8. The van der Waals surface area contributed by atoms with Gasteiger partial charge in [0.1, 0.15) is 73.2 Å². The van der Waals surface area contributed by atoms with Crippen LogP contribution in [-0.2, 0) is 33.2 Å². The van der Waals surface area contributed by atoms with Crippen molar-refractivity contribution in [2.45, 2.75) is 478 Å². The van der Waals surface area contributed by atoms with Crippen LogP contribution < -0.4 is 5.32 Å². The molecule has 17 atom stereocenters. The van der Waals surface area contributed by atoms with Gasteiger partial charge in [-0.05, 0) is 57.8 Å². The van der Waals surface area contributed by atoms with Gasteiger partial charge in [-0.1, -0.05) is 370 Å². The predicted molar refractivity (Wildman–Crippen MR) is 439 cm³/mol. The molecule has 3 aliphatic rings. The fourth-order valence-corrected chi connectivity index (χ4v) is 15.2. The van der Waals surface area contributed by atoms with E-state index in [0.717, 1.165) is 77.0 Å². The van der Waals surface area contributed by atoms with Crippen LogP contribution in [0.25, 0.3) is 0 Å². The van der Waals surface area contributed by atoms with Crippen LogP contribution in [0.15, 0.2) is 60.8 Å². The summed E-state index contributed by atoms with van der Waals surface area (Å²) in [5.74, 6) is -0.239. The quantitative estimate of drug-likeness (QED) is 0.0199. The van der Waals surface area contributed by atoms with Gasteiger partial charge < -0.3 is 89.9 Å². The molecule has 12 N–H and O–H groups in total. The Morgan fingerprint density at radius 1 is 0.339 bits per heavy atom. The minimum atomic E-state index is -1.97. The zero-order valence-corrected chi connectivity index (χ0v) is 68.8. The van der Waals surface area contributed by atoms with E-state index < -0.39 is 124 Å². The Balaban J connectivity index is 1.32. The maximum absolute atomic E-state index is 13.5. The Bertz CT molecular complexity index is 2200. The SMILES string of the molecule is CC/C=C\C/C=C\C/C=C\C/C=C\C/C=C\CCCCCCCCCCCCCCCCCC(=O)NC(COC1OC(CO)C(OC2OC(CO)C(OC3OC(CO)C(O)C(O)C3O)C(O)C2O)C(O)C1O)C(O)CCCCCCCCCCCCCCCCCCCCCCCCCCCCCCCCCCC. The minimum absolute atomic E-state index is 0.239. The molecule has 0 aromatic rings. The third-order valence-corrected chi connectivity index (χ3v) is 22.4. The molecule has 638 valence electrons. The molecule has 0 aromatic carbocycles. The number of hydrogen-bond acceptors (Lipinski definition) is 18. The zero-order valence-electron chi connectivity index (χ0n) is 68.8. The smallest absolute Gasteiger partial charge is 0.220 e. The molecule has 3 aliphatic heterocycles. The third kappa shape index (κ3) is 48.6. The Morgan fingerprint density at radius 2 is 0.633 bits per heavy atom. The number of allylic oxidation sites excluding steroid dienone is 10. The van der Waals surface area contributed by atoms with Gasteiger partial charge in [-0.25, -0.2) is 0 Å². The largest absolute Gasteiger partial charge is 0.394 e. The second-order valence-electron chi connectivity index (χ2n) is 32.0. The first-order valence-electron chi connectivity index (χ1n) is 45.0. The van der Waals surface area contributed by atoms with E-state index in [1.54, 1.807) is 0 Å². The average Bonchev–Trinajstić information content (AvgIpc) is 0.782. The van der Waals surface area contributed by atoms with Gasteiger partial charge in [-0.2, -0.15) is 0 Å². The van der Waals surface area contributed by atoms with E-state index >= 15 is 0 Å². The number of hydrogen-bond donors (Lipinski definition) is 12. The number of carbonyl (C=O) groups is 1. The van der Waals surface area contributed by atoms with Gasteiger partial charge in [0.05, 0.1) is 38.6 Å². The van der Waals surface area contributed by atoms with E-state index in [-0.39, 0.29) is 18.9 Å². The molecule has 109 heavy (non-hydrogen) atoms. The first kappa shape index (κ1) is 101. The molecule has 0 aromatic heterocycles. The van der Waals surface area contributed by atoms with Crippen molar-refractivity contribution < 1.29 is 89.4 Å². The third-order valence-electron chi connectivity index (χ3n) is 22.4. The van der Waals surface area contributed by atoms with E-state index in [9.17, 15) is 61.0 Å². The van der Waals surface area contributed by atoms with E-state index in [1.807, 2.05) is 0 Å². The molecule has 0 aliphatic carbocycles. The van der Waals surface area contributed by atoms with Gasteiger partial charge >= 0.3 is 0 Å². The van der Waals surface area contributed by atoms with Crippen molar-refractivity contribution in [1.29, 1.82) is 0 Å². The average molecular weight is 1550 g/mol. The van der Waals surface area contributed by atoms with Crippen LogP contribution in [0.5, 0.6) is 0 Å². The molecule has 0 radical (unpaired) electrons. The zero-order chi connectivity index (χ0) is 78.8. The molecule has 3 saturated heterocycles. The van der Waals surface area contributed by atoms with Crippen LogP contribution in [0.1, 0.15) is 373 Å². The highest BCUT2D eigenvalue weighted by Crippen LogP contribution is 2.34. The first-order chi connectivity index (χ1) is 53.3. The van der Waals surface area contributed by atoms with Crippen LogP contribution in [0, 0.1) is 0 Å². The lowest BCUT2D eigenvalue weighted by Gasteiger charge is -2.48. The summed E-state index contributed by atoms with van der Waals surface area (Å²) in [6, 6.07) is -0.892. The van der Waals surface area contributed by atoms with Gasteiger partial charge in [-0.15, -0.1) is 0 Å². The summed E-state index contributed by atoms with van der Waals surface area (Å²) in [6.45, 7) is 1.75. The Labute approximate surface area is 662 Å². The highest BCUT2D eigenvalue weighted by Gasteiger charge is 2.54. The number of nitrogens with one attached hydrogen (secondary N) is 1. The topological polar surface area (TPSA) is 307 Å². The summed E-state index contributed by atoms with van der Waals surface area (Å²) in [4.78, 5) is 13.5. The van der Waals surface area contributed by atoms with Crippen molar-refractivity contribution in [3.63, 3.8) is 0 Å². The summed E-state index contributed by atoms with van der Waals surface area (Å²) in [6.07, 6.45) is 64.7. The van der Waals surface area contributed by atoms with Crippen LogP contribution in [0.2, 0.25) is 0 Å². The van der Waals surface area contributed by atoms with Gasteiger partial charge in [0.2, 0.25) is 5.91 Å². The monoisotopic (exact) mass is 1550 g/mol. The Morgan fingerprint density at radius 3 is 0.991 bits per heavy atom.